The Morgan fingerprint density at radius 3 is 2.81 bits per heavy atom. The fourth-order valence-electron chi connectivity index (χ4n) is 1.62. The van der Waals surface area contributed by atoms with E-state index in [0.717, 1.165) is 6.20 Å². The fraction of sp³-hybridized carbons (Fsp3) is 0.250. The van der Waals surface area contributed by atoms with Crippen molar-refractivity contribution in [3.05, 3.63) is 40.3 Å². The first-order valence-electron chi connectivity index (χ1n) is 6.00. The van der Waals surface area contributed by atoms with Gasteiger partial charge in [0, 0.05) is 19.2 Å². The molecule has 0 aliphatic heterocycles. The third kappa shape index (κ3) is 3.75. The highest BCUT2D eigenvalue weighted by Crippen LogP contribution is 2.14. The smallest absolute Gasteiger partial charge is 0.287 e. The predicted octanol–water partition coefficient (Wildman–Crippen LogP) is 1.36. The first kappa shape index (κ1) is 14.4. The molecule has 2 aromatic heterocycles. The number of anilines is 2. The van der Waals surface area contributed by atoms with E-state index in [1.165, 1.54) is 12.1 Å². The zero-order valence-corrected chi connectivity index (χ0v) is 11.4. The van der Waals surface area contributed by atoms with Crippen molar-refractivity contribution in [2.75, 3.05) is 23.8 Å². The number of carbonyl (C=O) groups is 1. The van der Waals surface area contributed by atoms with Crippen LogP contribution in [0, 0.1) is 17.0 Å². The summed E-state index contributed by atoms with van der Waals surface area (Å²) in [4.78, 5) is 27.3. The Hall–Kier alpha value is -2.97. The van der Waals surface area contributed by atoms with Crippen LogP contribution in [0.15, 0.2) is 28.9 Å². The van der Waals surface area contributed by atoms with Crippen LogP contribution in [0.25, 0.3) is 0 Å². The molecule has 0 bridgehead atoms. The summed E-state index contributed by atoms with van der Waals surface area (Å²) < 4.78 is 4.84. The summed E-state index contributed by atoms with van der Waals surface area (Å²) >= 11 is 0. The van der Waals surface area contributed by atoms with Crippen LogP contribution in [0.3, 0.4) is 0 Å². The maximum absolute atomic E-state index is 11.8. The molecule has 1 amide bonds. The largest absolute Gasteiger partial charge is 0.360 e. The highest BCUT2D eigenvalue weighted by Gasteiger charge is 2.12. The Kier molecular flexibility index (Phi) is 4.12. The number of nitro groups is 1. The van der Waals surface area contributed by atoms with Gasteiger partial charge in [-0.25, -0.2) is 4.98 Å². The van der Waals surface area contributed by atoms with Gasteiger partial charge in [-0.1, -0.05) is 5.16 Å². The molecule has 0 unspecified atom stereocenters. The normalized spacial score (nSPS) is 10.2. The summed E-state index contributed by atoms with van der Waals surface area (Å²) in [6.07, 6.45) is 1.14. The molecule has 2 aromatic rings. The van der Waals surface area contributed by atoms with E-state index in [0.29, 0.717) is 17.4 Å². The minimum absolute atomic E-state index is 0.0245. The lowest BCUT2D eigenvalue weighted by Gasteiger charge is -2.16. The van der Waals surface area contributed by atoms with E-state index in [4.69, 9.17) is 4.52 Å². The van der Waals surface area contributed by atoms with E-state index in [-0.39, 0.29) is 18.1 Å². The monoisotopic (exact) mass is 291 g/mol. The minimum atomic E-state index is -0.531. The second-order valence-electron chi connectivity index (χ2n) is 4.36. The Balaban J connectivity index is 1.95. The number of nitrogens with one attached hydrogen (secondary N) is 1. The van der Waals surface area contributed by atoms with Gasteiger partial charge in [0.25, 0.3) is 5.69 Å². The lowest BCUT2D eigenvalue weighted by molar-refractivity contribution is -0.385. The number of rotatable bonds is 5. The number of nitrogens with zero attached hydrogens (tertiary/aromatic N) is 4. The average Bonchev–Trinajstić information content (AvgIpc) is 2.83. The molecular weight excluding hydrogens is 278 g/mol. The maximum Gasteiger partial charge on any atom is 0.287 e. The number of likely N-dealkylation sites (N-methyl/N-ethyl adjacent to an activating group) is 1. The molecule has 0 radical (unpaired) electrons. The van der Waals surface area contributed by atoms with E-state index < -0.39 is 4.92 Å². The molecule has 9 heteroatoms. The third-order valence-corrected chi connectivity index (χ3v) is 2.61. The second-order valence-corrected chi connectivity index (χ2v) is 4.36. The van der Waals surface area contributed by atoms with Gasteiger partial charge in [-0.15, -0.1) is 0 Å². The molecule has 0 saturated carbocycles. The van der Waals surface area contributed by atoms with Crippen LogP contribution in [0.5, 0.6) is 0 Å². The van der Waals surface area contributed by atoms with Gasteiger partial charge in [0.1, 0.15) is 17.8 Å². The standard InChI is InChI=1S/C12H13N5O4/c1-8-5-10(15-21-8)14-12(18)7-16(2)11-4-3-9(6-13-11)17(19)20/h3-6H,7H2,1-2H3,(H,14,15,18). The van der Waals surface area contributed by atoms with E-state index in [1.807, 2.05) is 0 Å². The number of carbonyl (C=O) groups excluding carboxylic acids is 1. The molecule has 110 valence electrons. The van der Waals surface area contributed by atoms with Crippen LogP contribution in [-0.4, -0.2) is 34.6 Å². The quantitative estimate of drug-likeness (QED) is 0.653. The fourth-order valence-corrected chi connectivity index (χ4v) is 1.62. The van der Waals surface area contributed by atoms with E-state index >= 15 is 0 Å². The lowest BCUT2D eigenvalue weighted by Crippen LogP contribution is -2.30. The van der Waals surface area contributed by atoms with Gasteiger partial charge in [0.15, 0.2) is 5.82 Å². The Bertz CT molecular complexity index is 652. The summed E-state index contributed by atoms with van der Waals surface area (Å²) in [5, 5.41) is 16.8. The van der Waals surface area contributed by atoms with Gasteiger partial charge in [0.2, 0.25) is 5.91 Å². The SMILES string of the molecule is Cc1cc(NC(=O)CN(C)c2ccc([N+](=O)[O-])cn2)no1. The van der Waals surface area contributed by atoms with Gasteiger partial charge in [0.05, 0.1) is 11.5 Å². The van der Waals surface area contributed by atoms with Crippen LogP contribution in [0.4, 0.5) is 17.3 Å². The number of aromatic nitrogens is 2. The molecule has 0 aliphatic carbocycles. The average molecular weight is 291 g/mol. The van der Waals surface area contributed by atoms with Crippen molar-refractivity contribution < 1.29 is 14.2 Å². The van der Waals surface area contributed by atoms with Crippen molar-refractivity contribution in [2.24, 2.45) is 0 Å². The Labute approximate surface area is 119 Å². The summed E-state index contributed by atoms with van der Waals surface area (Å²) in [5.74, 6) is 1.08. The molecule has 0 fully saturated rings. The molecule has 0 saturated heterocycles. The van der Waals surface area contributed by atoms with Crippen molar-refractivity contribution in [2.45, 2.75) is 6.92 Å². The molecule has 21 heavy (non-hydrogen) atoms. The van der Waals surface area contributed by atoms with E-state index in [2.05, 4.69) is 15.5 Å². The van der Waals surface area contributed by atoms with Crippen molar-refractivity contribution >= 4 is 23.2 Å². The molecule has 0 atom stereocenters. The van der Waals surface area contributed by atoms with Crippen molar-refractivity contribution in [1.29, 1.82) is 0 Å². The van der Waals surface area contributed by atoms with Gasteiger partial charge in [-0.3, -0.25) is 14.9 Å². The minimum Gasteiger partial charge on any atom is -0.360 e. The molecule has 2 heterocycles. The highest BCUT2D eigenvalue weighted by molar-refractivity contribution is 5.93. The molecule has 2 rings (SSSR count). The molecule has 0 spiro atoms. The zero-order valence-electron chi connectivity index (χ0n) is 11.4. The lowest BCUT2D eigenvalue weighted by atomic mass is 10.4. The van der Waals surface area contributed by atoms with Crippen LogP contribution in [0.2, 0.25) is 0 Å². The zero-order chi connectivity index (χ0) is 15.4. The first-order chi connectivity index (χ1) is 9.95. The molecule has 0 aromatic carbocycles. The second kappa shape index (κ2) is 5.99. The topological polar surface area (TPSA) is 114 Å². The van der Waals surface area contributed by atoms with Crippen molar-refractivity contribution in [3.63, 3.8) is 0 Å². The number of amides is 1. The summed E-state index contributed by atoms with van der Waals surface area (Å²) in [6.45, 7) is 1.74. The van der Waals surface area contributed by atoms with E-state index in [9.17, 15) is 14.9 Å². The van der Waals surface area contributed by atoms with Gasteiger partial charge in [-0.05, 0) is 13.0 Å². The summed E-state index contributed by atoms with van der Waals surface area (Å²) in [5.41, 5.74) is -0.102. The van der Waals surface area contributed by atoms with E-state index in [1.54, 1.807) is 24.9 Å². The van der Waals surface area contributed by atoms with Gasteiger partial charge >= 0.3 is 0 Å². The van der Waals surface area contributed by atoms with Crippen LogP contribution < -0.4 is 10.2 Å². The van der Waals surface area contributed by atoms with Crippen molar-refractivity contribution in [1.82, 2.24) is 10.1 Å². The van der Waals surface area contributed by atoms with Crippen LogP contribution in [-0.2, 0) is 4.79 Å². The molecular formula is C12H13N5O4. The summed E-state index contributed by atoms with van der Waals surface area (Å²) in [7, 11) is 1.65. The maximum atomic E-state index is 11.8. The van der Waals surface area contributed by atoms with Crippen LogP contribution in [0.1, 0.15) is 5.76 Å². The Morgan fingerprint density at radius 1 is 1.52 bits per heavy atom. The Morgan fingerprint density at radius 2 is 2.29 bits per heavy atom. The predicted molar refractivity (Wildman–Crippen MR) is 74.0 cm³/mol. The molecule has 1 N–H and O–H groups in total. The van der Waals surface area contributed by atoms with Crippen LogP contribution >= 0.6 is 0 Å². The number of pyridine rings is 1. The highest BCUT2D eigenvalue weighted by atomic mass is 16.6. The number of hydrogen-bond donors (Lipinski definition) is 1. The molecule has 9 nitrogen and oxygen atoms in total. The number of aryl methyl sites for hydroxylation is 1. The first-order valence-corrected chi connectivity index (χ1v) is 6.00. The van der Waals surface area contributed by atoms with Gasteiger partial charge in [-0.2, -0.15) is 0 Å². The number of hydrogen-bond acceptors (Lipinski definition) is 7. The van der Waals surface area contributed by atoms with Crippen molar-refractivity contribution in [3.8, 4) is 0 Å². The third-order valence-electron chi connectivity index (χ3n) is 2.61. The molecule has 0 aliphatic rings. The summed E-state index contributed by atoms with van der Waals surface area (Å²) in [6, 6.07) is 4.41. The van der Waals surface area contributed by atoms with Gasteiger partial charge < -0.3 is 14.7 Å².